The molecule has 1 atom stereocenters. The molecule has 1 aromatic heterocycles. The van der Waals surface area contributed by atoms with Crippen molar-refractivity contribution in [2.75, 3.05) is 60.2 Å². The molecule has 2 amide bonds. The summed E-state index contributed by atoms with van der Waals surface area (Å²) in [4.78, 5) is 30.8. The number of hydrazone groups is 1. The third-order valence-electron chi connectivity index (χ3n) is 6.33. The van der Waals surface area contributed by atoms with Gasteiger partial charge in [0.25, 0.3) is 5.91 Å². The first-order valence-electron chi connectivity index (χ1n) is 11.7. The minimum absolute atomic E-state index is 0.0380. The summed E-state index contributed by atoms with van der Waals surface area (Å²) in [7, 11) is 3.21. The molecule has 9 nitrogen and oxygen atoms in total. The average molecular weight is 501 g/mol. The van der Waals surface area contributed by atoms with Crippen LogP contribution in [0, 0.1) is 0 Å². The van der Waals surface area contributed by atoms with Gasteiger partial charge in [-0.3, -0.25) is 14.5 Å². The minimum Gasteiger partial charge on any atom is -0.497 e. The van der Waals surface area contributed by atoms with Gasteiger partial charge in [-0.05, 0) is 29.6 Å². The van der Waals surface area contributed by atoms with Crippen LogP contribution in [0.25, 0.3) is 0 Å². The Labute approximate surface area is 209 Å². The number of benzene rings is 1. The lowest BCUT2D eigenvalue weighted by Crippen LogP contribution is -2.46. The van der Waals surface area contributed by atoms with Gasteiger partial charge in [0.1, 0.15) is 18.0 Å². The van der Waals surface area contributed by atoms with Crippen LogP contribution in [0.3, 0.4) is 0 Å². The second kappa shape index (κ2) is 11.7. The fraction of sp³-hybridized carbons (Fsp3) is 0.480. The Balaban J connectivity index is 1.56. The van der Waals surface area contributed by atoms with Crippen molar-refractivity contribution in [2.45, 2.75) is 19.4 Å². The molecular formula is C25H32N4O5S. The first-order chi connectivity index (χ1) is 17.0. The number of morpholine rings is 1. The largest absolute Gasteiger partial charge is 0.497 e. The molecule has 0 aliphatic carbocycles. The Kier molecular flexibility index (Phi) is 8.37. The van der Waals surface area contributed by atoms with Crippen molar-refractivity contribution in [3.8, 4) is 11.5 Å². The Morgan fingerprint density at radius 1 is 1.20 bits per heavy atom. The van der Waals surface area contributed by atoms with Gasteiger partial charge in [-0.15, -0.1) is 11.3 Å². The van der Waals surface area contributed by atoms with Crippen LogP contribution in [0.1, 0.15) is 29.8 Å². The number of rotatable bonds is 9. The molecule has 10 heteroatoms. The fourth-order valence-electron chi connectivity index (χ4n) is 4.34. The highest BCUT2D eigenvalue weighted by molar-refractivity contribution is 7.12. The normalized spacial score (nSPS) is 18.3. The van der Waals surface area contributed by atoms with Crippen LogP contribution < -0.4 is 9.47 Å². The van der Waals surface area contributed by atoms with Gasteiger partial charge in [0.2, 0.25) is 5.91 Å². The zero-order valence-corrected chi connectivity index (χ0v) is 21.3. The van der Waals surface area contributed by atoms with E-state index in [1.807, 2.05) is 35.7 Å². The van der Waals surface area contributed by atoms with Gasteiger partial charge in [-0.2, -0.15) is 5.10 Å². The van der Waals surface area contributed by atoms with E-state index in [2.05, 4.69) is 4.90 Å². The quantitative estimate of drug-likeness (QED) is 0.526. The van der Waals surface area contributed by atoms with Crippen molar-refractivity contribution in [3.05, 3.63) is 46.2 Å². The molecule has 3 heterocycles. The molecule has 2 aliphatic heterocycles. The number of thiophene rings is 1. The number of carbonyl (C=O) groups excluding carboxylic acids is 2. The summed E-state index contributed by atoms with van der Waals surface area (Å²) in [5, 5.41) is 8.23. The first kappa shape index (κ1) is 25.2. The number of hydrogen-bond donors (Lipinski definition) is 0. The van der Waals surface area contributed by atoms with Crippen molar-refractivity contribution in [2.24, 2.45) is 5.10 Å². The van der Waals surface area contributed by atoms with Crippen molar-refractivity contribution in [3.63, 3.8) is 0 Å². The van der Waals surface area contributed by atoms with Crippen molar-refractivity contribution < 1.29 is 23.8 Å². The van der Waals surface area contributed by atoms with E-state index in [1.54, 1.807) is 30.5 Å². The molecule has 188 valence electrons. The zero-order valence-electron chi connectivity index (χ0n) is 20.4. The highest BCUT2D eigenvalue weighted by atomic mass is 32.1. The van der Waals surface area contributed by atoms with Crippen LogP contribution in [-0.4, -0.2) is 92.5 Å². The summed E-state index contributed by atoms with van der Waals surface area (Å²) < 4.78 is 16.4. The third kappa shape index (κ3) is 6.01. The molecule has 0 bridgehead atoms. The molecule has 0 N–H and O–H groups in total. The molecule has 0 spiro atoms. The number of amides is 2. The van der Waals surface area contributed by atoms with Crippen LogP contribution in [-0.2, 0) is 14.3 Å². The van der Waals surface area contributed by atoms with Gasteiger partial charge < -0.3 is 19.1 Å². The van der Waals surface area contributed by atoms with E-state index in [4.69, 9.17) is 19.3 Å². The highest BCUT2D eigenvalue weighted by Gasteiger charge is 2.36. The van der Waals surface area contributed by atoms with E-state index in [-0.39, 0.29) is 24.4 Å². The number of carbonyl (C=O) groups is 2. The smallest absolute Gasteiger partial charge is 0.262 e. The molecule has 0 unspecified atom stereocenters. The van der Waals surface area contributed by atoms with Crippen LogP contribution in [0.5, 0.6) is 11.5 Å². The van der Waals surface area contributed by atoms with Crippen LogP contribution >= 0.6 is 11.3 Å². The molecule has 1 fully saturated rings. The summed E-state index contributed by atoms with van der Waals surface area (Å²) in [6, 6.07) is 9.16. The van der Waals surface area contributed by atoms with E-state index < -0.39 is 0 Å². The SMILES string of the molecule is COc1ccc(OC)c([C@@H]2CC(c3cccs3)=NN2C(=O)CN(CCN2CCOCC2)C(C)=O)c1. The Hall–Kier alpha value is -2.95. The van der Waals surface area contributed by atoms with Gasteiger partial charge in [0.15, 0.2) is 0 Å². The van der Waals surface area contributed by atoms with E-state index in [9.17, 15) is 9.59 Å². The van der Waals surface area contributed by atoms with Crippen molar-refractivity contribution in [1.82, 2.24) is 14.8 Å². The Morgan fingerprint density at radius 3 is 2.66 bits per heavy atom. The summed E-state index contributed by atoms with van der Waals surface area (Å²) in [5.41, 5.74) is 1.66. The van der Waals surface area contributed by atoms with Crippen LogP contribution in [0.2, 0.25) is 0 Å². The average Bonchev–Trinajstić information content (AvgIpc) is 3.57. The maximum Gasteiger partial charge on any atom is 0.262 e. The Morgan fingerprint density at radius 2 is 2.00 bits per heavy atom. The number of nitrogens with zero attached hydrogens (tertiary/aromatic N) is 4. The standard InChI is InChI=1S/C25H32N4O5S/c1-18(30)28(9-8-27-10-12-34-13-11-27)17-25(31)29-22(16-21(26-29)24-5-4-14-35-24)20-15-19(32-2)6-7-23(20)33-3/h4-7,14-15,22H,8-13,16-17H2,1-3H3/t22-/m0/s1. The first-order valence-corrected chi connectivity index (χ1v) is 12.6. The summed E-state index contributed by atoms with van der Waals surface area (Å²) >= 11 is 1.59. The predicted octanol–water partition coefficient (Wildman–Crippen LogP) is 2.62. The Bertz CT molecular complexity index is 1050. The predicted molar refractivity (Wildman–Crippen MR) is 134 cm³/mol. The molecule has 0 radical (unpaired) electrons. The van der Waals surface area contributed by atoms with Gasteiger partial charge in [-0.1, -0.05) is 6.07 Å². The lowest BCUT2D eigenvalue weighted by atomic mass is 9.99. The van der Waals surface area contributed by atoms with Crippen LogP contribution in [0.15, 0.2) is 40.8 Å². The monoisotopic (exact) mass is 500 g/mol. The third-order valence-corrected chi connectivity index (χ3v) is 7.25. The molecule has 2 aromatic rings. The van der Waals surface area contributed by atoms with E-state index in [0.717, 1.165) is 29.2 Å². The fourth-order valence-corrected chi connectivity index (χ4v) is 5.07. The number of methoxy groups -OCH3 is 2. The van der Waals surface area contributed by atoms with Crippen LogP contribution in [0.4, 0.5) is 0 Å². The topological polar surface area (TPSA) is 83.9 Å². The lowest BCUT2D eigenvalue weighted by Gasteiger charge is -2.30. The van der Waals surface area contributed by atoms with Gasteiger partial charge in [-0.25, -0.2) is 5.01 Å². The zero-order chi connectivity index (χ0) is 24.8. The molecule has 2 aliphatic rings. The maximum atomic E-state index is 13.6. The summed E-state index contributed by atoms with van der Waals surface area (Å²) in [6.07, 6.45) is 0.545. The van der Waals surface area contributed by atoms with Gasteiger partial charge in [0.05, 0.1) is 44.1 Å². The molecule has 1 saturated heterocycles. The lowest BCUT2D eigenvalue weighted by molar-refractivity contribution is -0.140. The summed E-state index contributed by atoms with van der Waals surface area (Å²) in [6.45, 7) is 5.68. The molecule has 1 aromatic carbocycles. The second-order valence-corrected chi connectivity index (χ2v) is 9.43. The van der Waals surface area contributed by atoms with Gasteiger partial charge >= 0.3 is 0 Å². The minimum atomic E-state index is -0.363. The van der Waals surface area contributed by atoms with E-state index >= 15 is 0 Å². The van der Waals surface area contributed by atoms with Crippen molar-refractivity contribution >= 4 is 28.9 Å². The summed E-state index contributed by atoms with van der Waals surface area (Å²) in [5.74, 6) is 0.966. The second-order valence-electron chi connectivity index (χ2n) is 8.48. The molecular weight excluding hydrogens is 468 g/mol. The van der Waals surface area contributed by atoms with E-state index in [0.29, 0.717) is 44.2 Å². The van der Waals surface area contributed by atoms with Gasteiger partial charge in [0, 0.05) is 45.1 Å². The number of ether oxygens (including phenoxy) is 3. The highest BCUT2D eigenvalue weighted by Crippen LogP contribution is 2.39. The maximum absolute atomic E-state index is 13.6. The molecule has 4 rings (SSSR count). The van der Waals surface area contributed by atoms with Crippen molar-refractivity contribution in [1.29, 1.82) is 0 Å². The molecule has 0 saturated carbocycles. The number of hydrogen-bond acceptors (Lipinski definition) is 8. The molecule has 35 heavy (non-hydrogen) atoms. The van der Waals surface area contributed by atoms with E-state index in [1.165, 1.54) is 11.9 Å².